The molecule has 0 aliphatic carbocycles. The minimum Gasteiger partial charge on any atom is -0.480 e. The quantitative estimate of drug-likeness (QED) is 0.737. The average Bonchev–Trinajstić information content (AvgIpc) is 2.08. The molecule has 0 aromatic rings. The summed E-state index contributed by atoms with van der Waals surface area (Å²) >= 11 is 0. The number of carboxylic acid groups (broad SMARTS) is 1. The van der Waals surface area contributed by atoms with Crippen LogP contribution in [0.3, 0.4) is 0 Å². The lowest BCUT2D eigenvalue weighted by molar-refractivity contribution is -0.148. The predicted molar refractivity (Wildman–Crippen MR) is 56.0 cm³/mol. The van der Waals surface area contributed by atoms with Gasteiger partial charge in [0.1, 0.15) is 5.54 Å². The second-order valence-corrected chi connectivity index (χ2v) is 3.29. The van der Waals surface area contributed by atoms with E-state index in [1.54, 1.807) is 13.8 Å². The maximum Gasteiger partial charge on any atom is 0.323 e. The van der Waals surface area contributed by atoms with E-state index in [1.165, 1.54) is 0 Å². The van der Waals surface area contributed by atoms with Crippen molar-refractivity contribution in [3.63, 3.8) is 0 Å². The minimum absolute atomic E-state index is 0.740. The molecule has 0 aromatic carbocycles. The van der Waals surface area contributed by atoms with Gasteiger partial charge in [-0.1, -0.05) is 20.8 Å². The molecule has 0 aromatic heterocycles. The van der Waals surface area contributed by atoms with Crippen LogP contribution in [0, 0.1) is 0 Å². The zero-order chi connectivity index (χ0) is 11.1. The van der Waals surface area contributed by atoms with E-state index in [9.17, 15) is 4.79 Å². The van der Waals surface area contributed by atoms with E-state index in [-0.39, 0.29) is 0 Å². The van der Waals surface area contributed by atoms with Gasteiger partial charge in [0, 0.05) is 0 Å². The second-order valence-electron chi connectivity index (χ2n) is 3.29. The molecule has 13 heavy (non-hydrogen) atoms. The summed E-state index contributed by atoms with van der Waals surface area (Å²) in [5.74, 6) is -0.770. The van der Waals surface area contributed by atoms with Crippen molar-refractivity contribution < 1.29 is 9.90 Å². The molecule has 3 nitrogen and oxygen atoms in total. The molecule has 0 radical (unpaired) electrons. The van der Waals surface area contributed by atoms with Gasteiger partial charge in [-0.25, -0.2) is 0 Å². The molecule has 0 amide bonds. The molecule has 0 unspecified atom stereocenters. The van der Waals surface area contributed by atoms with E-state index in [1.807, 2.05) is 32.7 Å². The maximum absolute atomic E-state index is 10.7. The molecule has 3 heteroatoms. The third kappa shape index (κ3) is 4.88. The fraction of sp³-hybridized carbons (Fsp3) is 0.900. The summed E-state index contributed by atoms with van der Waals surface area (Å²) in [6, 6.07) is 0. The molecule has 0 heterocycles. The van der Waals surface area contributed by atoms with Crippen LogP contribution >= 0.6 is 0 Å². The molecule has 80 valence electrons. The summed E-state index contributed by atoms with van der Waals surface area (Å²) in [6.07, 6.45) is 0.979. The van der Waals surface area contributed by atoms with Gasteiger partial charge in [0.25, 0.3) is 0 Å². The Labute approximate surface area is 81.7 Å². The lowest BCUT2D eigenvalue weighted by atomic mass is 10.0. The Morgan fingerprint density at radius 3 is 2.00 bits per heavy atom. The largest absolute Gasteiger partial charge is 0.480 e. The fourth-order valence-corrected chi connectivity index (χ4v) is 0.778. The molecule has 0 saturated heterocycles. The molecule has 0 aliphatic heterocycles. The summed E-state index contributed by atoms with van der Waals surface area (Å²) in [4.78, 5) is 12.5. The van der Waals surface area contributed by atoms with Crippen LogP contribution in [-0.4, -0.2) is 35.1 Å². The lowest BCUT2D eigenvalue weighted by Gasteiger charge is -2.30. The zero-order valence-corrected chi connectivity index (χ0v) is 9.72. The van der Waals surface area contributed by atoms with E-state index in [4.69, 9.17) is 5.11 Å². The summed E-state index contributed by atoms with van der Waals surface area (Å²) < 4.78 is 0. The van der Waals surface area contributed by atoms with Crippen molar-refractivity contribution in [3.05, 3.63) is 0 Å². The van der Waals surface area contributed by atoms with Crippen molar-refractivity contribution in [2.75, 3.05) is 13.6 Å². The van der Waals surface area contributed by atoms with Gasteiger partial charge in [-0.15, -0.1) is 0 Å². The number of nitrogens with zero attached hydrogens (tertiary/aromatic N) is 1. The first-order valence-electron chi connectivity index (χ1n) is 4.87. The SMILES string of the molecule is CC.CCCN(C)C(C)(C)C(=O)O. The van der Waals surface area contributed by atoms with E-state index in [2.05, 4.69) is 0 Å². The Kier molecular flexibility index (Phi) is 7.92. The molecular weight excluding hydrogens is 166 g/mol. The van der Waals surface area contributed by atoms with Crippen LogP contribution in [0.2, 0.25) is 0 Å². The summed E-state index contributed by atoms with van der Waals surface area (Å²) in [7, 11) is 1.83. The van der Waals surface area contributed by atoms with Crippen molar-refractivity contribution in [3.8, 4) is 0 Å². The molecular formula is C10H23NO2. The first kappa shape index (κ1) is 14.9. The number of rotatable bonds is 4. The summed E-state index contributed by atoms with van der Waals surface area (Å²) in [5.41, 5.74) is -0.740. The predicted octanol–water partition coefficient (Wildman–Crippen LogP) is 2.22. The number of likely N-dealkylation sites (N-methyl/N-ethyl adjacent to an activating group) is 1. The summed E-state index contributed by atoms with van der Waals surface area (Å²) in [5, 5.41) is 8.80. The van der Waals surface area contributed by atoms with Crippen LogP contribution in [0.25, 0.3) is 0 Å². The van der Waals surface area contributed by atoms with E-state index in [0.29, 0.717) is 0 Å². The van der Waals surface area contributed by atoms with Crippen LogP contribution in [0.5, 0.6) is 0 Å². The van der Waals surface area contributed by atoms with Gasteiger partial charge in [-0.3, -0.25) is 9.69 Å². The molecule has 0 rings (SSSR count). The third-order valence-corrected chi connectivity index (χ3v) is 2.04. The first-order chi connectivity index (χ1) is 5.92. The van der Waals surface area contributed by atoms with Crippen molar-refractivity contribution in [1.82, 2.24) is 4.90 Å². The standard InChI is InChI=1S/C8H17NO2.C2H6/c1-5-6-9(4)8(2,3)7(10)11;1-2/h5-6H2,1-4H3,(H,10,11);1-2H3. The number of carboxylic acids is 1. The molecule has 0 spiro atoms. The van der Waals surface area contributed by atoms with Crippen molar-refractivity contribution in [1.29, 1.82) is 0 Å². The summed E-state index contributed by atoms with van der Waals surface area (Å²) in [6.45, 7) is 10.3. The molecule has 1 N–H and O–H groups in total. The second kappa shape index (κ2) is 6.89. The van der Waals surface area contributed by atoms with E-state index >= 15 is 0 Å². The topological polar surface area (TPSA) is 40.5 Å². The van der Waals surface area contributed by atoms with E-state index in [0.717, 1.165) is 13.0 Å². The monoisotopic (exact) mass is 189 g/mol. The Morgan fingerprint density at radius 1 is 1.38 bits per heavy atom. The van der Waals surface area contributed by atoms with Gasteiger partial charge in [0.15, 0.2) is 0 Å². The highest BCUT2D eigenvalue weighted by Gasteiger charge is 2.30. The maximum atomic E-state index is 10.7. The highest BCUT2D eigenvalue weighted by atomic mass is 16.4. The van der Waals surface area contributed by atoms with Gasteiger partial charge < -0.3 is 5.11 Å². The Bertz CT molecular complexity index is 144. The van der Waals surface area contributed by atoms with Crippen LogP contribution in [0.15, 0.2) is 0 Å². The molecule has 0 atom stereocenters. The average molecular weight is 189 g/mol. The van der Waals surface area contributed by atoms with Crippen LogP contribution in [0.4, 0.5) is 0 Å². The number of aliphatic carboxylic acids is 1. The minimum atomic E-state index is -0.770. The van der Waals surface area contributed by atoms with Crippen LogP contribution in [0.1, 0.15) is 41.0 Å². The lowest BCUT2D eigenvalue weighted by Crippen LogP contribution is -2.48. The Balaban J connectivity index is 0. The normalized spacial score (nSPS) is 10.7. The van der Waals surface area contributed by atoms with Gasteiger partial charge >= 0.3 is 5.97 Å². The first-order valence-corrected chi connectivity index (χ1v) is 4.87. The fourth-order valence-electron chi connectivity index (χ4n) is 0.778. The van der Waals surface area contributed by atoms with Gasteiger partial charge in [0.05, 0.1) is 0 Å². The van der Waals surface area contributed by atoms with Crippen molar-refractivity contribution in [2.45, 2.75) is 46.6 Å². The molecule has 0 saturated carbocycles. The Morgan fingerprint density at radius 2 is 1.77 bits per heavy atom. The number of hydrogen-bond acceptors (Lipinski definition) is 2. The van der Waals surface area contributed by atoms with Gasteiger partial charge in [0.2, 0.25) is 0 Å². The van der Waals surface area contributed by atoms with Crippen molar-refractivity contribution >= 4 is 5.97 Å². The van der Waals surface area contributed by atoms with Gasteiger partial charge in [-0.2, -0.15) is 0 Å². The number of hydrogen-bond donors (Lipinski definition) is 1. The zero-order valence-electron chi connectivity index (χ0n) is 9.72. The van der Waals surface area contributed by atoms with Crippen molar-refractivity contribution in [2.24, 2.45) is 0 Å². The van der Waals surface area contributed by atoms with Gasteiger partial charge in [-0.05, 0) is 33.9 Å². The Hall–Kier alpha value is -0.570. The van der Waals surface area contributed by atoms with Crippen LogP contribution in [-0.2, 0) is 4.79 Å². The molecule has 0 bridgehead atoms. The molecule has 0 fully saturated rings. The smallest absolute Gasteiger partial charge is 0.323 e. The van der Waals surface area contributed by atoms with E-state index < -0.39 is 11.5 Å². The highest BCUT2D eigenvalue weighted by Crippen LogP contribution is 2.11. The number of carbonyl (C=O) groups is 1. The van der Waals surface area contributed by atoms with Crippen LogP contribution < -0.4 is 0 Å². The molecule has 0 aliphatic rings. The third-order valence-electron chi connectivity index (χ3n) is 2.04. The highest BCUT2D eigenvalue weighted by molar-refractivity contribution is 5.77.